The van der Waals surface area contributed by atoms with Gasteiger partial charge in [0.15, 0.2) is 0 Å². The third kappa shape index (κ3) is 4.33. The minimum absolute atomic E-state index is 0.103. The molecule has 0 fully saturated rings. The summed E-state index contributed by atoms with van der Waals surface area (Å²) in [5.74, 6) is -0.103. The summed E-state index contributed by atoms with van der Waals surface area (Å²) in [6.07, 6.45) is 1.70. The van der Waals surface area contributed by atoms with E-state index in [4.69, 9.17) is 23.2 Å². The SMILES string of the molecule is C=CCN(Cc1ccc(Cl)s1)C(=O)c1cc(Cl)ccc1Br. The fourth-order valence-corrected chi connectivity index (χ4v) is 3.52. The first kappa shape index (κ1) is 16.6. The van der Waals surface area contributed by atoms with Crippen molar-refractivity contribution in [3.05, 3.63) is 67.3 Å². The molecule has 1 aromatic heterocycles. The molecular formula is C15H12BrCl2NOS. The monoisotopic (exact) mass is 403 g/mol. The van der Waals surface area contributed by atoms with Gasteiger partial charge in [-0.2, -0.15) is 0 Å². The molecule has 0 aliphatic carbocycles. The van der Waals surface area contributed by atoms with E-state index in [1.165, 1.54) is 11.3 Å². The third-order valence-corrected chi connectivity index (χ3v) is 4.91. The lowest BCUT2D eigenvalue weighted by molar-refractivity contribution is 0.0763. The highest BCUT2D eigenvalue weighted by atomic mass is 79.9. The maximum absolute atomic E-state index is 12.7. The molecule has 0 N–H and O–H groups in total. The van der Waals surface area contributed by atoms with E-state index in [1.807, 2.05) is 12.1 Å². The summed E-state index contributed by atoms with van der Waals surface area (Å²) in [5.41, 5.74) is 0.534. The van der Waals surface area contributed by atoms with Gasteiger partial charge in [0.1, 0.15) is 0 Å². The largest absolute Gasteiger partial charge is 0.330 e. The van der Waals surface area contributed by atoms with Crippen molar-refractivity contribution >= 4 is 56.4 Å². The summed E-state index contributed by atoms with van der Waals surface area (Å²) in [7, 11) is 0. The Morgan fingerprint density at radius 1 is 1.33 bits per heavy atom. The van der Waals surface area contributed by atoms with Crippen LogP contribution in [0.3, 0.4) is 0 Å². The molecule has 1 amide bonds. The van der Waals surface area contributed by atoms with Crippen LogP contribution in [0.4, 0.5) is 0 Å². The normalized spacial score (nSPS) is 10.4. The molecule has 21 heavy (non-hydrogen) atoms. The number of hydrogen-bond acceptors (Lipinski definition) is 2. The van der Waals surface area contributed by atoms with Gasteiger partial charge in [-0.25, -0.2) is 0 Å². The van der Waals surface area contributed by atoms with Crippen LogP contribution in [0.2, 0.25) is 9.36 Å². The third-order valence-electron chi connectivity index (χ3n) is 2.77. The second-order valence-electron chi connectivity index (χ2n) is 4.30. The standard InChI is InChI=1S/C15H12BrCl2NOS/c1-2-7-19(9-11-4-6-14(18)21-11)15(20)12-8-10(17)3-5-13(12)16/h2-6,8H,1,7,9H2. The lowest BCUT2D eigenvalue weighted by Gasteiger charge is -2.21. The van der Waals surface area contributed by atoms with Crippen molar-refractivity contribution in [1.29, 1.82) is 0 Å². The van der Waals surface area contributed by atoms with Crippen LogP contribution < -0.4 is 0 Å². The lowest BCUT2D eigenvalue weighted by Crippen LogP contribution is -2.30. The number of hydrogen-bond donors (Lipinski definition) is 0. The van der Waals surface area contributed by atoms with Crippen molar-refractivity contribution in [3.8, 4) is 0 Å². The molecule has 0 aliphatic rings. The maximum Gasteiger partial charge on any atom is 0.255 e. The number of nitrogens with zero attached hydrogens (tertiary/aromatic N) is 1. The van der Waals surface area contributed by atoms with E-state index in [-0.39, 0.29) is 5.91 Å². The predicted octanol–water partition coefficient (Wildman–Crippen LogP) is 5.65. The maximum atomic E-state index is 12.7. The average Bonchev–Trinajstić information content (AvgIpc) is 2.86. The van der Waals surface area contributed by atoms with Crippen LogP contribution in [0.15, 0.2) is 47.5 Å². The number of thiophene rings is 1. The smallest absolute Gasteiger partial charge is 0.255 e. The zero-order chi connectivity index (χ0) is 15.4. The van der Waals surface area contributed by atoms with Gasteiger partial charge < -0.3 is 4.90 Å². The minimum Gasteiger partial charge on any atom is -0.330 e. The van der Waals surface area contributed by atoms with Crippen LogP contribution in [0.25, 0.3) is 0 Å². The first-order chi connectivity index (χ1) is 10.0. The average molecular weight is 405 g/mol. The number of benzene rings is 1. The van der Waals surface area contributed by atoms with Crippen LogP contribution in [-0.4, -0.2) is 17.4 Å². The summed E-state index contributed by atoms with van der Waals surface area (Å²) >= 11 is 16.8. The van der Waals surface area contributed by atoms with E-state index in [0.717, 1.165) is 9.35 Å². The second-order valence-corrected chi connectivity index (χ2v) is 7.39. The number of carbonyl (C=O) groups excluding carboxylic acids is 1. The summed E-state index contributed by atoms with van der Waals surface area (Å²) in [6.45, 7) is 4.65. The summed E-state index contributed by atoms with van der Waals surface area (Å²) in [4.78, 5) is 15.4. The van der Waals surface area contributed by atoms with Crippen LogP contribution >= 0.6 is 50.5 Å². The van der Waals surface area contributed by atoms with Gasteiger partial charge in [-0.3, -0.25) is 4.79 Å². The minimum atomic E-state index is -0.103. The van der Waals surface area contributed by atoms with Gasteiger partial charge in [0.05, 0.1) is 16.4 Å². The molecule has 0 unspecified atom stereocenters. The van der Waals surface area contributed by atoms with Crippen LogP contribution in [-0.2, 0) is 6.54 Å². The summed E-state index contributed by atoms with van der Waals surface area (Å²) < 4.78 is 1.43. The Morgan fingerprint density at radius 2 is 2.10 bits per heavy atom. The van der Waals surface area contributed by atoms with Gasteiger partial charge in [0.2, 0.25) is 0 Å². The lowest BCUT2D eigenvalue weighted by atomic mass is 10.2. The van der Waals surface area contributed by atoms with Crippen molar-refractivity contribution < 1.29 is 4.79 Å². The highest BCUT2D eigenvalue weighted by Gasteiger charge is 2.18. The Kier molecular flexibility index (Phi) is 5.88. The topological polar surface area (TPSA) is 20.3 Å². The zero-order valence-electron chi connectivity index (χ0n) is 11.0. The second kappa shape index (κ2) is 7.45. The van der Waals surface area contributed by atoms with E-state index in [9.17, 15) is 4.79 Å². The van der Waals surface area contributed by atoms with Crippen LogP contribution in [0, 0.1) is 0 Å². The van der Waals surface area contributed by atoms with Gasteiger partial charge in [-0.05, 0) is 46.3 Å². The first-order valence-electron chi connectivity index (χ1n) is 6.10. The number of halogens is 3. The molecule has 1 aromatic carbocycles. The summed E-state index contributed by atoms with van der Waals surface area (Å²) in [5, 5.41) is 0.527. The molecule has 0 saturated carbocycles. The Balaban J connectivity index is 2.26. The van der Waals surface area contributed by atoms with Crippen LogP contribution in [0.5, 0.6) is 0 Å². The van der Waals surface area contributed by atoms with Gasteiger partial charge in [0.25, 0.3) is 5.91 Å². The fourth-order valence-electron chi connectivity index (χ4n) is 1.83. The van der Waals surface area contributed by atoms with Gasteiger partial charge in [-0.15, -0.1) is 17.9 Å². The molecule has 0 atom stereocenters. The van der Waals surface area contributed by atoms with Gasteiger partial charge in [-0.1, -0.05) is 29.3 Å². The molecule has 110 valence electrons. The molecule has 2 rings (SSSR count). The van der Waals surface area contributed by atoms with E-state index in [1.54, 1.807) is 29.2 Å². The molecule has 0 bridgehead atoms. The van der Waals surface area contributed by atoms with E-state index in [0.29, 0.717) is 28.0 Å². The molecule has 0 spiro atoms. The Labute approximate surface area is 146 Å². The van der Waals surface area contributed by atoms with Crippen LogP contribution in [0.1, 0.15) is 15.2 Å². The molecule has 0 aliphatic heterocycles. The van der Waals surface area contributed by atoms with E-state index in [2.05, 4.69) is 22.5 Å². The van der Waals surface area contributed by atoms with Gasteiger partial charge >= 0.3 is 0 Å². The Bertz CT molecular complexity index is 671. The predicted molar refractivity (Wildman–Crippen MR) is 93.4 cm³/mol. The molecule has 0 saturated heterocycles. The summed E-state index contributed by atoms with van der Waals surface area (Å²) in [6, 6.07) is 8.91. The zero-order valence-corrected chi connectivity index (χ0v) is 14.9. The highest BCUT2D eigenvalue weighted by Crippen LogP contribution is 2.26. The number of carbonyl (C=O) groups is 1. The van der Waals surface area contributed by atoms with Gasteiger partial charge in [0, 0.05) is 20.9 Å². The Morgan fingerprint density at radius 3 is 2.71 bits per heavy atom. The number of rotatable bonds is 5. The van der Waals surface area contributed by atoms with Crippen molar-refractivity contribution in [2.45, 2.75) is 6.54 Å². The fraction of sp³-hybridized carbons (Fsp3) is 0.133. The molecule has 6 heteroatoms. The molecular weight excluding hydrogens is 393 g/mol. The molecule has 2 aromatic rings. The number of amides is 1. The van der Waals surface area contributed by atoms with Crippen molar-refractivity contribution in [1.82, 2.24) is 4.90 Å². The van der Waals surface area contributed by atoms with E-state index >= 15 is 0 Å². The van der Waals surface area contributed by atoms with E-state index < -0.39 is 0 Å². The van der Waals surface area contributed by atoms with Crippen molar-refractivity contribution in [3.63, 3.8) is 0 Å². The highest BCUT2D eigenvalue weighted by molar-refractivity contribution is 9.10. The Hall–Kier alpha value is -0.810. The quantitative estimate of drug-likeness (QED) is 0.590. The van der Waals surface area contributed by atoms with Crippen molar-refractivity contribution in [2.24, 2.45) is 0 Å². The molecule has 2 nitrogen and oxygen atoms in total. The molecule has 1 heterocycles. The first-order valence-corrected chi connectivity index (χ1v) is 8.47. The van der Waals surface area contributed by atoms with Crippen molar-refractivity contribution in [2.75, 3.05) is 6.54 Å². The molecule has 0 radical (unpaired) electrons.